The van der Waals surface area contributed by atoms with Crippen molar-refractivity contribution in [3.05, 3.63) is 34.3 Å². The Bertz CT molecular complexity index is 530. The van der Waals surface area contributed by atoms with Gasteiger partial charge in [0.25, 0.3) is 0 Å². The molecule has 0 spiro atoms. The lowest BCUT2D eigenvalue weighted by Crippen LogP contribution is -2.51. The molecule has 108 valence electrons. The molecular formula is C14H16BrNO4. The van der Waals surface area contributed by atoms with Gasteiger partial charge in [-0.3, -0.25) is 9.59 Å². The zero-order valence-electron chi connectivity index (χ0n) is 10.8. The van der Waals surface area contributed by atoms with Crippen molar-refractivity contribution in [1.82, 2.24) is 0 Å². The van der Waals surface area contributed by atoms with Gasteiger partial charge in [-0.1, -0.05) is 28.1 Å². The van der Waals surface area contributed by atoms with Gasteiger partial charge in [0.2, 0.25) is 0 Å². The summed E-state index contributed by atoms with van der Waals surface area (Å²) in [5, 5.41) is 18.3. The molecule has 2 rings (SSSR count). The first-order valence-electron chi connectivity index (χ1n) is 6.34. The van der Waals surface area contributed by atoms with E-state index in [1.54, 1.807) is 0 Å². The number of hydrogen-bond donors (Lipinski definition) is 3. The maximum atomic E-state index is 11.4. The van der Waals surface area contributed by atoms with Crippen LogP contribution in [0.1, 0.15) is 18.4 Å². The van der Waals surface area contributed by atoms with E-state index in [1.165, 1.54) is 0 Å². The molecule has 20 heavy (non-hydrogen) atoms. The summed E-state index contributed by atoms with van der Waals surface area (Å²) in [6, 6.07) is 7.55. The number of aryl methyl sites for hydroxylation is 1. The molecular weight excluding hydrogens is 326 g/mol. The van der Waals surface area contributed by atoms with Gasteiger partial charge in [0.05, 0.1) is 5.92 Å². The average molecular weight is 342 g/mol. The lowest BCUT2D eigenvalue weighted by molar-refractivity contribution is -0.145. The summed E-state index contributed by atoms with van der Waals surface area (Å²) in [5.74, 6) is -3.19. The van der Waals surface area contributed by atoms with E-state index in [1.807, 2.05) is 24.3 Å². The van der Waals surface area contributed by atoms with Crippen molar-refractivity contribution in [3.63, 3.8) is 0 Å². The quantitative estimate of drug-likeness (QED) is 0.733. The Hall–Kier alpha value is -1.40. The Balaban J connectivity index is 2.05. The smallest absolute Gasteiger partial charge is 0.324 e. The van der Waals surface area contributed by atoms with Crippen LogP contribution in [-0.2, 0) is 16.0 Å². The van der Waals surface area contributed by atoms with E-state index >= 15 is 0 Å². The summed E-state index contributed by atoms with van der Waals surface area (Å²) < 4.78 is 0.951. The number of carboxylic acid groups (broad SMARTS) is 2. The summed E-state index contributed by atoms with van der Waals surface area (Å²) in [4.78, 5) is 22.3. The largest absolute Gasteiger partial charge is 0.481 e. The molecule has 1 aliphatic rings. The number of hydrogen-bond acceptors (Lipinski definition) is 3. The van der Waals surface area contributed by atoms with Gasteiger partial charge >= 0.3 is 11.9 Å². The van der Waals surface area contributed by atoms with Crippen molar-refractivity contribution < 1.29 is 19.8 Å². The van der Waals surface area contributed by atoms with E-state index < -0.39 is 29.3 Å². The van der Waals surface area contributed by atoms with Gasteiger partial charge < -0.3 is 15.9 Å². The van der Waals surface area contributed by atoms with Gasteiger partial charge in [-0.25, -0.2) is 0 Å². The predicted molar refractivity (Wildman–Crippen MR) is 76.3 cm³/mol. The zero-order valence-corrected chi connectivity index (χ0v) is 12.3. The normalized spacial score (nSPS) is 23.9. The number of carbonyl (C=O) groups is 2. The first-order chi connectivity index (χ1) is 9.34. The van der Waals surface area contributed by atoms with Crippen LogP contribution >= 0.6 is 15.9 Å². The Labute approximate surface area is 124 Å². The highest BCUT2D eigenvalue weighted by atomic mass is 79.9. The van der Waals surface area contributed by atoms with Gasteiger partial charge in [-0.15, -0.1) is 0 Å². The molecule has 6 heteroatoms. The molecule has 0 saturated heterocycles. The van der Waals surface area contributed by atoms with E-state index in [-0.39, 0.29) is 6.42 Å². The fraction of sp³-hybridized carbons (Fsp3) is 0.429. The van der Waals surface area contributed by atoms with E-state index in [0.717, 1.165) is 10.0 Å². The van der Waals surface area contributed by atoms with Crippen LogP contribution in [0.5, 0.6) is 0 Å². The maximum Gasteiger partial charge on any atom is 0.324 e. The van der Waals surface area contributed by atoms with Crippen molar-refractivity contribution in [1.29, 1.82) is 0 Å². The van der Waals surface area contributed by atoms with Crippen LogP contribution in [0.15, 0.2) is 28.7 Å². The van der Waals surface area contributed by atoms with Crippen LogP contribution < -0.4 is 5.73 Å². The molecule has 1 aromatic carbocycles. The average Bonchev–Trinajstić information content (AvgIpc) is 3.18. The molecule has 3 atom stereocenters. The molecule has 4 N–H and O–H groups in total. The molecule has 0 amide bonds. The van der Waals surface area contributed by atoms with Crippen molar-refractivity contribution in [3.8, 4) is 0 Å². The fourth-order valence-electron chi connectivity index (χ4n) is 2.49. The lowest BCUT2D eigenvalue weighted by atomic mass is 9.86. The fourth-order valence-corrected chi connectivity index (χ4v) is 2.75. The SMILES string of the molecule is NC(CCc1ccc(Br)cc1)(C(=O)O)C1CC1C(=O)O. The van der Waals surface area contributed by atoms with Gasteiger partial charge in [0, 0.05) is 10.4 Å². The van der Waals surface area contributed by atoms with Gasteiger partial charge in [-0.05, 0) is 37.0 Å². The molecule has 0 radical (unpaired) electrons. The van der Waals surface area contributed by atoms with E-state index in [4.69, 9.17) is 10.8 Å². The van der Waals surface area contributed by atoms with E-state index in [0.29, 0.717) is 12.8 Å². The van der Waals surface area contributed by atoms with Crippen LogP contribution in [-0.4, -0.2) is 27.7 Å². The summed E-state index contributed by atoms with van der Waals surface area (Å²) in [6.45, 7) is 0. The highest BCUT2D eigenvalue weighted by Crippen LogP contribution is 2.47. The number of halogens is 1. The van der Waals surface area contributed by atoms with Crippen LogP contribution in [0.2, 0.25) is 0 Å². The third-order valence-electron chi connectivity index (χ3n) is 3.91. The molecule has 0 aliphatic heterocycles. The van der Waals surface area contributed by atoms with E-state index in [9.17, 15) is 14.7 Å². The number of rotatable bonds is 6. The third-order valence-corrected chi connectivity index (χ3v) is 4.44. The van der Waals surface area contributed by atoms with Gasteiger partial charge in [0.1, 0.15) is 5.54 Å². The standard InChI is InChI=1S/C14H16BrNO4/c15-9-3-1-8(2-4-9)5-6-14(16,13(19)20)11-7-10(11)12(17)18/h1-4,10-11H,5-7,16H2,(H,17,18)(H,19,20). The van der Waals surface area contributed by atoms with Crippen molar-refractivity contribution in [2.24, 2.45) is 17.6 Å². The third kappa shape index (κ3) is 3.02. The van der Waals surface area contributed by atoms with Crippen LogP contribution in [0.3, 0.4) is 0 Å². The van der Waals surface area contributed by atoms with Crippen LogP contribution in [0.25, 0.3) is 0 Å². The second-order valence-electron chi connectivity index (χ2n) is 5.26. The van der Waals surface area contributed by atoms with Crippen molar-refractivity contribution in [2.75, 3.05) is 0 Å². The second kappa shape index (κ2) is 5.54. The molecule has 5 nitrogen and oxygen atoms in total. The Morgan fingerprint density at radius 3 is 2.35 bits per heavy atom. The van der Waals surface area contributed by atoms with Gasteiger partial charge in [-0.2, -0.15) is 0 Å². The maximum absolute atomic E-state index is 11.4. The molecule has 1 saturated carbocycles. The summed E-state index contributed by atoms with van der Waals surface area (Å²) >= 11 is 3.33. The number of aliphatic carboxylic acids is 2. The highest BCUT2D eigenvalue weighted by molar-refractivity contribution is 9.10. The molecule has 0 aromatic heterocycles. The number of nitrogens with two attached hydrogens (primary N) is 1. The first kappa shape index (κ1) is 15.0. The van der Waals surface area contributed by atoms with Crippen molar-refractivity contribution in [2.45, 2.75) is 24.8 Å². The number of benzene rings is 1. The lowest BCUT2D eigenvalue weighted by Gasteiger charge is -2.25. The van der Waals surface area contributed by atoms with E-state index in [2.05, 4.69) is 15.9 Å². The van der Waals surface area contributed by atoms with Crippen LogP contribution in [0, 0.1) is 11.8 Å². The Morgan fingerprint density at radius 1 is 1.30 bits per heavy atom. The summed E-state index contributed by atoms with van der Waals surface area (Å²) in [7, 11) is 0. The number of carboxylic acids is 2. The van der Waals surface area contributed by atoms with Gasteiger partial charge in [0.15, 0.2) is 0 Å². The molecule has 1 aromatic rings. The Morgan fingerprint density at radius 2 is 1.90 bits per heavy atom. The molecule has 0 heterocycles. The van der Waals surface area contributed by atoms with Crippen LogP contribution in [0.4, 0.5) is 0 Å². The minimum atomic E-state index is -1.46. The molecule has 0 bridgehead atoms. The Kier molecular flexibility index (Phi) is 4.15. The predicted octanol–water partition coefficient (Wildman–Crippen LogP) is 1.88. The topological polar surface area (TPSA) is 101 Å². The monoisotopic (exact) mass is 341 g/mol. The minimum absolute atomic E-state index is 0.235. The zero-order chi connectivity index (χ0) is 14.9. The molecule has 1 fully saturated rings. The highest BCUT2D eigenvalue weighted by Gasteiger charge is 2.57. The molecule has 1 aliphatic carbocycles. The molecule has 3 unspecified atom stereocenters. The second-order valence-corrected chi connectivity index (χ2v) is 6.17. The summed E-state index contributed by atoms with van der Waals surface area (Å²) in [5.41, 5.74) is 5.50. The minimum Gasteiger partial charge on any atom is -0.481 e. The van der Waals surface area contributed by atoms with Crippen molar-refractivity contribution >= 4 is 27.9 Å². The first-order valence-corrected chi connectivity index (χ1v) is 7.13. The summed E-state index contributed by atoms with van der Waals surface area (Å²) in [6.07, 6.45) is 1.09.